The fourth-order valence-electron chi connectivity index (χ4n) is 1.74. The summed E-state index contributed by atoms with van der Waals surface area (Å²) >= 11 is 9.21. The smallest absolute Gasteiger partial charge is 0.270 e. The summed E-state index contributed by atoms with van der Waals surface area (Å²) in [6.45, 7) is 0.410. The van der Waals surface area contributed by atoms with Gasteiger partial charge in [0.25, 0.3) is 5.69 Å². The molecular weight excluding hydrogens is 358 g/mol. The molecule has 0 aromatic heterocycles. The quantitative estimate of drug-likeness (QED) is 0.638. The molecule has 0 heterocycles. The lowest BCUT2D eigenvalue weighted by Crippen LogP contribution is -2.02. The van der Waals surface area contributed by atoms with Gasteiger partial charge in [-0.15, -0.1) is 0 Å². The molecule has 0 radical (unpaired) electrons. The molecule has 0 spiro atoms. The van der Waals surface area contributed by atoms with E-state index in [2.05, 4.69) is 27.3 Å². The van der Waals surface area contributed by atoms with Crippen LogP contribution in [0.2, 0.25) is 5.02 Å². The van der Waals surface area contributed by atoms with Crippen molar-refractivity contribution in [2.24, 2.45) is 0 Å². The van der Waals surface area contributed by atoms with Crippen molar-refractivity contribution in [1.82, 2.24) is 0 Å². The van der Waals surface area contributed by atoms with Gasteiger partial charge in [0.15, 0.2) is 0 Å². The monoisotopic (exact) mass is 365 g/mol. The van der Waals surface area contributed by atoms with Crippen LogP contribution < -0.4 is 5.32 Å². The summed E-state index contributed by atoms with van der Waals surface area (Å²) in [7, 11) is 0. The van der Waals surface area contributed by atoms with Crippen molar-refractivity contribution in [3.05, 3.63) is 67.1 Å². The molecule has 2 rings (SSSR count). The lowest BCUT2D eigenvalue weighted by Gasteiger charge is -2.10. The van der Waals surface area contributed by atoms with Crippen molar-refractivity contribution in [2.75, 3.05) is 5.32 Å². The molecule has 1 N–H and O–H groups in total. The number of nitrogens with zero attached hydrogens (tertiary/aromatic N) is 2. The summed E-state index contributed by atoms with van der Waals surface area (Å²) in [6, 6.07) is 11.6. The highest BCUT2D eigenvalue weighted by Gasteiger charge is 2.10. The topological polar surface area (TPSA) is 79.0 Å². The number of nitriles is 1. The maximum absolute atomic E-state index is 10.7. The van der Waals surface area contributed by atoms with E-state index in [1.54, 1.807) is 24.3 Å². The molecule has 2 aromatic carbocycles. The average molecular weight is 367 g/mol. The first kappa shape index (κ1) is 15.3. The van der Waals surface area contributed by atoms with Crippen molar-refractivity contribution in [2.45, 2.75) is 6.54 Å². The zero-order valence-electron chi connectivity index (χ0n) is 10.6. The van der Waals surface area contributed by atoms with Gasteiger partial charge in [0.1, 0.15) is 6.07 Å². The van der Waals surface area contributed by atoms with Crippen molar-refractivity contribution in [3.63, 3.8) is 0 Å². The number of benzene rings is 2. The molecule has 0 unspecified atom stereocenters. The van der Waals surface area contributed by atoms with Gasteiger partial charge in [-0.05, 0) is 29.8 Å². The van der Waals surface area contributed by atoms with E-state index in [1.807, 2.05) is 0 Å². The van der Waals surface area contributed by atoms with Crippen LogP contribution in [0, 0.1) is 21.4 Å². The highest BCUT2D eigenvalue weighted by molar-refractivity contribution is 9.10. The number of halogens is 2. The summed E-state index contributed by atoms with van der Waals surface area (Å²) in [5.74, 6) is 0. The van der Waals surface area contributed by atoms with E-state index in [-0.39, 0.29) is 5.69 Å². The molecule has 0 saturated heterocycles. The normalized spacial score (nSPS) is 9.95. The fourth-order valence-corrected chi connectivity index (χ4v) is 2.42. The highest BCUT2D eigenvalue weighted by Crippen LogP contribution is 2.25. The van der Waals surface area contributed by atoms with E-state index in [0.717, 1.165) is 5.56 Å². The van der Waals surface area contributed by atoms with Gasteiger partial charge in [-0.3, -0.25) is 10.1 Å². The van der Waals surface area contributed by atoms with Crippen molar-refractivity contribution >= 4 is 38.9 Å². The first-order valence-corrected chi connectivity index (χ1v) is 7.04. The number of non-ortho nitro benzene ring substituents is 1. The Kier molecular flexibility index (Phi) is 4.78. The maximum Gasteiger partial charge on any atom is 0.270 e. The van der Waals surface area contributed by atoms with Crippen LogP contribution in [0.15, 0.2) is 40.9 Å². The Morgan fingerprint density at radius 1 is 1.33 bits per heavy atom. The van der Waals surface area contributed by atoms with Gasteiger partial charge >= 0.3 is 0 Å². The third kappa shape index (κ3) is 3.72. The Morgan fingerprint density at radius 2 is 2.10 bits per heavy atom. The molecule has 21 heavy (non-hydrogen) atoms. The van der Waals surface area contributed by atoms with Crippen LogP contribution in [0.1, 0.15) is 11.1 Å². The number of nitro groups is 1. The Hall–Kier alpha value is -2.10. The minimum atomic E-state index is -0.452. The zero-order chi connectivity index (χ0) is 15.4. The van der Waals surface area contributed by atoms with Gasteiger partial charge in [-0.2, -0.15) is 5.26 Å². The number of anilines is 1. The largest absolute Gasteiger partial charge is 0.380 e. The first-order valence-electron chi connectivity index (χ1n) is 5.87. The van der Waals surface area contributed by atoms with Gasteiger partial charge in [-0.25, -0.2) is 0 Å². The molecule has 106 valence electrons. The van der Waals surface area contributed by atoms with Crippen LogP contribution in [-0.2, 0) is 6.54 Å². The average Bonchev–Trinajstić information content (AvgIpc) is 2.46. The molecule has 0 aliphatic heterocycles. The molecule has 0 aliphatic rings. The van der Waals surface area contributed by atoms with Crippen molar-refractivity contribution in [3.8, 4) is 6.07 Å². The van der Waals surface area contributed by atoms with Gasteiger partial charge in [0.2, 0.25) is 0 Å². The highest BCUT2D eigenvalue weighted by atomic mass is 79.9. The predicted molar refractivity (Wildman–Crippen MR) is 84.3 cm³/mol. The van der Waals surface area contributed by atoms with Gasteiger partial charge in [0.05, 0.1) is 16.2 Å². The number of nitrogens with one attached hydrogen (secondary N) is 1. The van der Waals surface area contributed by atoms with Crippen LogP contribution in [0.5, 0.6) is 0 Å². The second-order valence-corrected chi connectivity index (χ2v) is 5.48. The summed E-state index contributed by atoms with van der Waals surface area (Å²) in [5, 5.41) is 23.4. The van der Waals surface area contributed by atoms with Gasteiger partial charge in [0, 0.05) is 28.2 Å². The fraction of sp³-hybridized carbons (Fsp3) is 0.0714. The van der Waals surface area contributed by atoms with E-state index in [4.69, 9.17) is 16.9 Å². The van der Waals surface area contributed by atoms with Crippen LogP contribution in [0.25, 0.3) is 0 Å². The molecule has 0 saturated carbocycles. The molecule has 0 fully saturated rings. The molecule has 0 bridgehead atoms. The van der Waals surface area contributed by atoms with Crippen LogP contribution in [0.4, 0.5) is 11.4 Å². The van der Waals surface area contributed by atoms with Crippen LogP contribution >= 0.6 is 27.5 Å². The molecule has 2 aromatic rings. The number of rotatable bonds is 4. The molecule has 0 amide bonds. The maximum atomic E-state index is 10.7. The van der Waals surface area contributed by atoms with Crippen molar-refractivity contribution in [1.29, 1.82) is 5.26 Å². The summed E-state index contributed by atoms with van der Waals surface area (Å²) in [6.07, 6.45) is 0. The minimum Gasteiger partial charge on any atom is -0.380 e. The Balaban J connectivity index is 2.19. The Labute approximate surface area is 134 Å². The first-order chi connectivity index (χ1) is 10.0. The lowest BCUT2D eigenvalue weighted by atomic mass is 10.1. The Morgan fingerprint density at radius 3 is 2.71 bits per heavy atom. The number of hydrogen-bond donors (Lipinski definition) is 1. The summed E-state index contributed by atoms with van der Waals surface area (Å²) in [4.78, 5) is 10.2. The lowest BCUT2D eigenvalue weighted by molar-refractivity contribution is -0.384. The van der Waals surface area contributed by atoms with E-state index < -0.39 is 4.92 Å². The molecule has 0 aliphatic carbocycles. The third-order valence-electron chi connectivity index (χ3n) is 2.82. The van der Waals surface area contributed by atoms with E-state index >= 15 is 0 Å². The summed E-state index contributed by atoms with van der Waals surface area (Å²) in [5.41, 5.74) is 1.96. The zero-order valence-corrected chi connectivity index (χ0v) is 13.0. The number of hydrogen-bond acceptors (Lipinski definition) is 4. The second kappa shape index (κ2) is 6.57. The van der Waals surface area contributed by atoms with Gasteiger partial charge < -0.3 is 5.32 Å². The molecular formula is C14H9BrClN3O2. The SMILES string of the molecule is N#Cc1ccc(Cl)cc1NCc1ccc([N+](=O)[O-])cc1Br. The second-order valence-electron chi connectivity index (χ2n) is 4.19. The van der Waals surface area contributed by atoms with Gasteiger partial charge in [-0.1, -0.05) is 27.5 Å². The van der Waals surface area contributed by atoms with E-state index in [1.165, 1.54) is 12.1 Å². The third-order valence-corrected chi connectivity index (χ3v) is 3.79. The molecule has 5 nitrogen and oxygen atoms in total. The van der Waals surface area contributed by atoms with Crippen LogP contribution in [-0.4, -0.2) is 4.92 Å². The summed E-state index contributed by atoms with van der Waals surface area (Å²) < 4.78 is 0.629. The van der Waals surface area contributed by atoms with E-state index in [9.17, 15) is 10.1 Å². The minimum absolute atomic E-state index is 0.0195. The van der Waals surface area contributed by atoms with Crippen molar-refractivity contribution < 1.29 is 4.92 Å². The predicted octanol–water partition coefficient (Wildman–Crippen LogP) is 4.49. The standard InChI is InChI=1S/C14H9BrClN3O2/c15-13-6-12(19(20)21)4-2-10(13)8-18-14-5-11(16)3-1-9(14)7-17/h1-6,18H,8H2. The Bertz CT molecular complexity index is 743. The van der Waals surface area contributed by atoms with Crippen LogP contribution in [0.3, 0.4) is 0 Å². The van der Waals surface area contributed by atoms with E-state index in [0.29, 0.717) is 27.3 Å². The number of nitro benzene ring substituents is 1. The molecule has 7 heteroatoms. The molecule has 0 atom stereocenters.